The lowest BCUT2D eigenvalue weighted by atomic mass is 10.1. The van der Waals surface area contributed by atoms with Gasteiger partial charge in [0.15, 0.2) is 11.5 Å². The maximum Gasteiger partial charge on any atom is 0.278 e. The van der Waals surface area contributed by atoms with Crippen molar-refractivity contribution in [1.82, 2.24) is 29.2 Å². The third-order valence-corrected chi connectivity index (χ3v) is 7.31. The number of hydrogen-bond donors (Lipinski definition) is 2. The molecule has 2 N–H and O–H groups in total. The molecule has 2 aliphatic heterocycles. The summed E-state index contributed by atoms with van der Waals surface area (Å²) in [4.78, 5) is 31.7. The van der Waals surface area contributed by atoms with E-state index in [4.69, 9.17) is 9.72 Å². The number of likely N-dealkylation sites (N-methyl/N-ethyl adjacent to an activating group) is 1. The molecule has 0 amide bonds. The highest BCUT2D eigenvalue weighted by molar-refractivity contribution is 5.77. The Morgan fingerprint density at radius 1 is 1.10 bits per heavy atom. The molecule has 2 saturated heterocycles. The van der Waals surface area contributed by atoms with Gasteiger partial charge in [0.05, 0.1) is 24.4 Å². The summed E-state index contributed by atoms with van der Waals surface area (Å²) in [6.07, 6.45) is 3.62. The first-order valence-corrected chi connectivity index (χ1v) is 13.5. The minimum atomic E-state index is -1.15. The molecule has 2 fully saturated rings. The molecule has 0 spiro atoms. The van der Waals surface area contributed by atoms with Gasteiger partial charge < -0.3 is 25.0 Å². The summed E-state index contributed by atoms with van der Waals surface area (Å²) in [5, 5.41) is 14.1. The minimum Gasteiger partial charge on any atom is -0.384 e. The molecule has 6 rings (SSSR count). The molecule has 2 atom stereocenters. The monoisotopic (exact) mass is 542 g/mol. The van der Waals surface area contributed by atoms with Crippen molar-refractivity contribution in [3.05, 3.63) is 77.4 Å². The molecular weight excluding hydrogens is 508 g/mol. The van der Waals surface area contributed by atoms with Crippen LogP contribution < -0.4 is 15.8 Å². The number of nitrogens with zero attached hydrogens (tertiary/aromatic N) is 7. The van der Waals surface area contributed by atoms with Crippen molar-refractivity contribution in [1.29, 1.82) is 0 Å². The number of aliphatic hydroxyl groups is 1. The van der Waals surface area contributed by atoms with Crippen LogP contribution in [-0.4, -0.2) is 79.8 Å². The molecule has 208 valence electrons. The maximum absolute atomic E-state index is 13.2. The smallest absolute Gasteiger partial charge is 0.278 e. The molecule has 11 heteroatoms. The Morgan fingerprint density at radius 3 is 2.50 bits per heavy atom. The lowest BCUT2D eigenvalue weighted by Gasteiger charge is -2.45. The van der Waals surface area contributed by atoms with E-state index in [1.807, 2.05) is 12.1 Å². The first-order valence-electron chi connectivity index (χ1n) is 13.5. The molecule has 40 heavy (non-hydrogen) atoms. The standard InChI is InChI=1S/C29H34N8O3/c1-5-13-36-27(38)23-14-30-28(33-26(23)37(36)25-8-6-7-24(32-25)29(2,3)39)31-19-9-11-20(12-10-19)35-17-21-15-34(4)16-22(18-35)40-21/h5-12,14,21-22,39H,1,13,15-18H2,2-4H3,(H,30,31,33). The highest BCUT2D eigenvalue weighted by atomic mass is 16.5. The van der Waals surface area contributed by atoms with Crippen molar-refractivity contribution in [2.45, 2.75) is 38.2 Å². The zero-order valence-corrected chi connectivity index (χ0v) is 23.0. The molecule has 2 bridgehead atoms. The van der Waals surface area contributed by atoms with Crippen molar-refractivity contribution >= 4 is 28.4 Å². The average Bonchev–Trinajstić information content (AvgIpc) is 3.19. The van der Waals surface area contributed by atoms with Gasteiger partial charge in [0.1, 0.15) is 11.0 Å². The molecular formula is C29H34N8O3. The predicted octanol–water partition coefficient (Wildman–Crippen LogP) is 2.65. The third kappa shape index (κ3) is 4.99. The Kier molecular flexibility index (Phi) is 6.65. The van der Waals surface area contributed by atoms with Crippen LogP contribution in [0.5, 0.6) is 0 Å². The van der Waals surface area contributed by atoms with E-state index in [1.54, 1.807) is 42.8 Å². The molecule has 0 radical (unpaired) electrons. The van der Waals surface area contributed by atoms with Crippen LogP contribution in [-0.2, 0) is 16.9 Å². The van der Waals surface area contributed by atoms with Crippen LogP contribution >= 0.6 is 0 Å². The summed E-state index contributed by atoms with van der Waals surface area (Å²) < 4.78 is 9.27. The minimum absolute atomic E-state index is 0.222. The van der Waals surface area contributed by atoms with Crippen molar-refractivity contribution < 1.29 is 9.84 Å². The van der Waals surface area contributed by atoms with E-state index < -0.39 is 5.60 Å². The number of rotatable bonds is 7. The van der Waals surface area contributed by atoms with E-state index in [1.165, 1.54) is 10.9 Å². The quantitative estimate of drug-likeness (QED) is 0.340. The highest BCUT2D eigenvalue weighted by Gasteiger charge is 2.33. The second-order valence-electron chi connectivity index (χ2n) is 11.0. The molecule has 5 heterocycles. The molecule has 2 unspecified atom stereocenters. The Hall–Kier alpha value is -4.06. The maximum atomic E-state index is 13.2. The number of anilines is 3. The van der Waals surface area contributed by atoms with Gasteiger partial charge in [-0.05, 0) is 57.3 Å². The lowest BCUT2D eigenvalue weighted by molar-refractivity contribution is -0.0875. The molecule has 0 saturated carbocycles. The van der Waals surface area contributed by atoms with Gasteiger partial charge in [0, 0.05) is 43.8 Å². The van der Waals surface area contributed by atoms with E-state index in [2.05, 4.69) is 50.8 Å². The molecule has 11 nitrogen and oxygen atoms in total. The van der Waals surface area contributed by atoms with Crippen LogP contribution in [0.2, 0.25) is 0 Å². The Morgan fingerprint density at radius 2 is 1.82 bits per heavy atom. The summed E-state index contributed by atoms with van der Waals surface area (Å²) in [5.74, 6) is 0.816. The third-order valence-electron chi connectivity index (χ3n) is 7.31. The summed E-state index contributed by atoms with van der Waals surface area (Å²) in [5.41, 5.74) is 1.48. The second kappa shape index (κ2) is 10.2. The highest BCUT2D eigenvalue weighted by Crippen LogP contribution is 2.26. The lowest BCUT2D eigenvalue weighted by Crippen LogP contribution is -2.58. The van der Waals surface area contributed by atoms with Gasteiger partial charge in [-0.3, -0.25) is 4.79 Å². The molecule has 1 aromatic carbocycles. The Balaban J connectivity index is 1.30. The number of pyridine rings is 1. The predicted molar refractivity (Wildman–Crippen MR) is 154 cm³/mol. The number of allylic oxidation sites excluding steroid dienone is 1. The summed E-state index contributed by atoms with van der Waals surface area (Å²) in [7, 11) is 2.15. The van der Waals surface area contributed by atoms with E-state index in [0.717, 1.165) is 37.6 Å². The first-order chi connectivity index (χ1) is 19.2. The van der Waals surface area contributed by atoms with Crippen molar-refractivity contribution in [2.75, 3.05) is 43.4 Å². The van der Waals surface area contributed by atoms with Crippen LogP contribution in [0.1, 0.15) is 19.5 Å². The molecule has 3 aromatic heterocycles. The summed E-state index contributed by atoms with van der Waals surface area (Å²) >= 11 is 0. The fourth-order valence-electron chi connectivity index (χ4n) is 5.48. The number of aromatic nitrogens is 5. The topological polar surface area (TPSA) is 114 Å². The van der Waals surface area contributed by atoms with Gasteiger partial charge >= 0.3 is 0 Å². The fraction of sp³-hybridized carbons (Fsp3) is 0.379. The van der Waals surface area contributed by atoms with Crippen molar-refractivity contribution in [3.8, 4) is 5.82 Å². The molecule has 2 aliphatic rings. The SMILES string of the molecule is C=CCn1c(=O)c2cnc(Nc3ccc(N4CC5CN(C)CC(C4)O5)cc3)nc2n1-c1cccc(C(C)(C)O)n1. The zero-order valence-electron chi connectivity index (χ0n) is 23.0. The van der Waals surface area contributed by atoms with Crippen LogP contribution in [0.15, 0.2) is 66.1 Å². The Labute approximate surface area is 232 Å². The van der Waals surface area contributed by atoms with Gasteiger partial charge in [-0.2, -0.15) is 4.98 Å². The van der Waals surface area contributed by atoms with Crippen molar-refractivity contribution in [2.24, 2.45) is 0 Å². The Bertz CT molecular complexity index is 1590. The first kappa shape index (κ1) is 26.2. The largest absolute Gasteiger partial charge is 0.384 e. The van der Waals surface area contributed by atoms with E-state index >= 15 is 0 Å². The van der Waals surface area contributed by atoms with Crippen LogP contribution in [0, 0.1) is 0 Å². The normalized spacial score (nSPS) is 19.6. The second-order valence-corrected chi connectivity index (χ2v) is 11.0. The van der Waals surface area contributed by atoms with Gasteiger partial charge in [-0.25, -0.2) is 19.3 Å². The van der Waals surface area contributed by atoms with Crippen LogP contribution in [0.3, 0.4) is 0 Å². The van der Waals surface area contributed by atoms with E-state index in [9.17, 15) is 9.90 Å². The van der Waals surface area contributed by atoms with Gasteiger partial charge in [0.25, 0.3) is 5.56 Å². The number of ether oxygens (including phenoxy) is 1. The van der Waals surface area contributed by atoms with E-state index in [0.29, 0.717) is 28.5 Å². The fourth-order valence-corrected chi connectivity index (χ4v) is 5.48. The number of nitrogens with one attached hydrogen (secondary N) is 1. The molecule has 4 aromatic rings. The zero-order chi connectivity index (χ0) is 28.0. The number of morpholine rings is 2. The van der Waals surface area contributed by atoms with Gasteiger partial charge in [-0.1, -0.05) is 12.1 Å². The van der Waals surface area contributed by atoms with Crippen LogP contribution in [0.4, 0.5) is 17.3 Å². The number of benzene rings is 1. The van der Waals surface area contributed by atoms with Crippen molar-refractivity contribution in [3.63, 3.8) is 0 Å². The van der Waals surface area contributed by atoms with Crippen LogP contribution in [0.25, 0.3) is 16.9 Å². The van der Waals surface area contributed by atoms with E-state index in [-0.39, 0.29) is 24.3 Å². The molecule has 0 aliphatic carbocycles. The average molecular weight is 543 g/mol. The summed E-state index contributed by atoms with van der Waals surface area (Å²) in [6.45, 7) is 11.0. The van der Waals surface area contributed by atoms with Gasteiger partial charge in [0.2, 0.25) is 5.95 Å². The number of fused-ring (bicyclic) bond motifs is 3. The number of hydrogen-bond acceptors (Lipinski definition) is 9. The summed E-state index contributed by atoms with van der Waals surface area (Å²) in [6, 6.07) is 13.5. The van der Waals surface area contributed by atoms with Gasteiger partial charge in [-0.15, -0.1) is 6.58 Å².